The Morgan fingerprint density at radius 3 is 2.08 bits per heavy atom. The number of aliphatic hydroxyl groups excluding tert-OH is 1. The van der Waals surface area contributed by atoms with Crippen molar-refractivity contribution in [2.45, 2.75) is 156 Å². The van der Waals surface area contributed by atoms with Gasteiger partial charge in [0, 0.05) is 31.7 Å². The van der Waals surface area contributed by atoms with E-state index in [0.717, 1.165) is 25.7 Å². The Hall–Kier alpha value is -0.0162. The highest BCUT2D eigenvalue weighted by atomic mass is 28.4. The quantitative estimate of drug-likeness (QED) is 0.269. The molecule has 0 radical (unpaired) electrons. The zero-order valence-electron chi connectivity index (χ0n) is 26.9. The van der Waals surface area contributed by atoms with Crippen LogP contribution < -0.4 is 0 Å². The van der Waals surface area contributed by atoms with Gasteiger partial charge in [-0.25, -0.2) is 0 Å². The summed E-state index contributed by atoms with van der Waals surface area (Å²) in [4.78, 5) is 13.5. The van der Waals surface area contributed by atoms with Crippen molar-refractivity contribution in [1.82, 2.24) is 0 Å². The third kappa shape index (κ3) is 6.10. The standard InChI is InChI=1S/C32H62O4Si2/c1-12-38(13-2,14-3)36-27-19-23(4)18-26-25(27)20-28(35-37(10,11)30(5,6)7)29-31(8,16-15-17-33)21-24(34)22-32(26,29)9/h23,25-29,33H,12-22H2,1-11H3/t23-,25+,26-,27-,28?,29-,31-,32+/m1/s1. The minimum Gasteiger partial charge on any atom is -0.414 e. The molecule has 3 aliphatic carbocycles. The van der Waals surface area contributed by atoms with E-state index in [0.29, 0.717) is 48.4 Å². The number of aliphatic hydroxyl groups is 1. The lowest BCUT2D eigenvalue weighted by Gasteiger charge is -2.65. The summed E-state index contributed by atoms with van der Waals surface area (Å²) < 4.78 is 14.8. The molecule has 222 valence electrons. The van der Waals surface area contributed by atoms with Crippen molar-refractivity contribution in [3.63, 3.8) is 0 Å². The monoisotopic (exact) mass is 566 g/mol. The van der Waals surface area contributed by atoms with Crippen LogP contribution in [0.5, 0.6) is 0 Å². The molecule has 3 aliphatic rings. The van der Waals surface area contributed by atoms with Gasteiger partial charge >= 0.3 is 0 Å². The number of fused-ring (bicyclic) bond motifs is 3. The maximum absolute atomic E-state index is 13.5. The van der Waals surface area contributed by atoms with Crippen LogP contribution in [0.25, 0.3) is 0 Å². The number of Topliss-reactive ketones (excluding diaryl/α,β-unsaturated/α-hetero) is 1. The van der Waals surface area contributed by atoms with E-state index in [9.17, 15) is 9.90 Å². The molecular formula is C32H62O4Si2. The Bertz CT molecular complexity index is 811. The van der Waals surface area contributed by atoms with Crippen molar-refractivity contribution in [3.8, 4) is 0 Å². The van der Waals surface area contributed by atoms with Crippen LogP contribution in [0.15, 0.2) is 0 Å². The molecular weight excluding hydrogens is 505 g/mol. The summed E-state index contributed by atoms with van der Waals surface area (Å²) in [5.41, 5.74) is -0.211. The molecule has 3 fully saturated rings. The lowest BCUT2D eigenvalue weighted by Crippen LogP contribution is -2.65. The number of rotatable bonds is 10. The van der Waals surface area contributed by atoms with Crippen molar-refractivity contribution in [1.29, 1.82) is 0 Å². The molecule has 6 heteroatoms. The highest BCUT2D eigenvalue weighted by Crippen LogP contribution is 2.66. The third-order valence-electron chi connectivity index (χ3n) is 12.1. The average molecular weight is 567 g/mol. The van der Waals surface area contributed by atoms with Crippen LogP contribution in [0.4, 0.5) is 0 Å². The van der Waals surface area contributed by atoms with Gasteiger partial charge in [0.15, 0.2) is 16.6 Å². The van der Waals surface area contributed by atoms with Gasteiger partial charge in [-0.2, -0.15) is 0 Å². The normalized spacial score (nSPS) is 38.6. The summed E-state index contributed by atoms with van der Waals surface area (Å²) in [5.74, 6) is 2.34. The zero-order valence-corrected chi connectivity index (χ0v) is 28.9. The molecule has 3 saturated carbocycles. The lowest BCUT2D eigenvalue weighted by atomic mass is 9.42. The first-order chi connectivity index (χ1) is 17.5. The van der Waals surface area contributed by atoms with Crippen molar-refractivity contribution in [3.05, 3.63) is 0 Å². The summed E-state index contributed by atoms with van der Waals surface area (Å²) in [5, 5.41) is 9.95. The van der Waals surface area contributed by atoms with Crippen LogP contribution in [0.3, 0.4) is 0 Å². The SMILES string of the molecule is CC[Si](CC)(CC)O[C@@H]1C[C@H](C)C[C@@H]2[C@@H]1CC(O[Si](C)(C)C(C)(C)C)[C@@H]1[C@](C)(CCCO)CC(=O)C[C@@]21C. The molecule has 0 amide bonds. The van der Waals surface area contributed by atoms with E-state index in [1.807, 2.05) is 0 Å². The van der Waals surface area contributed by atoms with Gasteiger partial charge in [0.05, 0.1) is 0 Å². The van der Waals surface area contributed by atoms with Crippen LogP contribution in [-0.2, 0) is 13.6 Å². The van der Waals surface area contributed by atoms with Gasteiger partial charge in [-0.1, -0.05) is 62.3 Å². The second-order valence-electron chi connectivity index (χ2n) is 15.8. The van der Waals surface area contributed by atoms with E-state index in [1.54, 1.807) is 0 Å². The van der Waals surface area contributed by atoms with E-state index < -0.39 is 16.6 Å². The molecule has 3 rings (SSSR count). The molecule has 4 nitrogen and oxygen atoms in total. The van der Waals surface area contributed by atoms with Crippen molar-refractivity contribution < 1.29 is 18.8 Å². The third-order valence-corrected chi connectivity index (χ3v) is 21.3. The molecule has 0 aromatic rings. The Morgan fingerprint density at radius 2 is 1.55 bits per heavy atom. The molecule has 1 N–H and O–H groups in total. The van der Waals surface area contributed by atoms with E-state index in [2.05, 4.69) is 75.4 Å². The second kappa shape index (κ2) is 11.7. The van der Waals surface area contributed by atoms with Crippen molar-refractivity contribution in [2.75, 3.05) is 6.61 Å². The predicted octanol–water partition coefficient (Wildman–Crippen LogP) is 8.60. The highest BCUT2D eigenvalue weighted by Gasteiger charge is 2.64. The minimum atomic E-state index is -2.04. The first-order valence-electron chi connectivity index (χ1n) is 16.0. The van der Waals surface area contributed by atoms with Gasteiger partial charge in [0.25, 0.3) is 0 Å². The number of hydrogen-bond acceptors (Lipinski definition) is 4. The van der Waals surface area contributed by atoms with Crippen LogP contribution in [-0.4, -0.2) is 46.3 Å². The lowest BCUT2D eigenvalue weighted by molar-refractivity contribution is -0.193. The Morgan fingerprint density at radius 1 is 0.947 bits per heavy atom. The maximum Gasteiger partial charge on any atom is 0.192 e. The smallest absolute Gasteiger partial charge is 0.192 e. The van der Waals surface area contributed by atoms with E-state index in [-0.39, 0.29) is 28.6 Å². The molecule has 8 atom stereocenters. The Kier molecular flexibility index (Phi) is 10.0. The van der Waals surface area contributed by atoms with Crippen LogP contribution >= 0.6 is 0 Å². The maximum atomic E-state index is 13.5. The minimum absolute atomic E-state index is 0.0827. The van der Waals surface area contributed by atoms with E-state index >= 15 is 0 Å². The summed E-state index contributed by atoms with van der Waals surface area (Å²) in [6.45, 7) is 26.3. The van der Waals surface area contributed by atoms with Gasteiger partial charge in [0.2, 0.25) is 0 Å². The Labute approximate surface area is 237 Å². The number of carbonyl (C=O) groups excluding carboxylic acids is 1. The second-order valence-corrected chi connectivity index (χ2v) is 25.2. The topological polar surface area (TPSA) is 55.8 Å². The van der Waals surface area contributed by atoms with Gasteiger partial charge in [0.1, 0.15) is 5.78 Å². The predicted molar refractivity (Wildman–Crippen MR) is 164 cm³/mol. The van der Waals surface area contributed by atoms with Gasteiger partial charge in [-0.05, 0) is 103 Å². The van der Waals surface area contributed by atoms with Crippen LogP contribution in [0.2, 0.25) is 36.3 Å². The van der Waals surface area contributed by atoms with Crippen molar-refractivity contribution in [2.24, 2.45) is 34.5 Å². The molecule has 0 aromatic heterocycles. The highest BCUT2D eigenvalue weighted by molar-refractivity contribution is 6.74. The fourth-order valence-electron chi connectivity index (χ4n) is 9.06. The fourth-order valence-corrected chi connectivity index (χ4v) is 13.3. The molecule has 38 heavy (non-hydrogen) atoms. The number of ketones is 1. The molecule has 0 heterocycles. The molecule has 0 bridgehead atoms. The summed E-state index contributed by atoms with van der Waals surface area (Å²) >= 11 is 0. The number of hydrogen-bond donors (Lipinski definition) is 1. The first-order valence-corrected chi connectivity index (χ1v) is 21.4. The van der Waals surface area contributed by atoms with Gasteiger partial charge in [-0.3, -0.25) is 4.79 Å². The van der Waals surface area contributed by atoms with E-state index in [4.69, 9.17) is 8.85 Å². The van der Waals surface area contributed by atoms with Gasteiger partial charge < -0.3 is 14.0 Å². The zero-order chi connectivity index (χ0) is 28.7. The summed E-state index contributed by atoms with van der Waals surface area (Å²) in [6.07, 6.45) is 6.84. The fraction of sp³-hybridized carbons (Fsp3) is 0.969. The number of carbonyl (C=O) groups is 1. The molecule has 0 aliphatic heterocycles. The van der Waals surface area contributed by atoms with Crippen LogP contribution in [0.1, 0.15) is 107 Å². The Balaban J connectivity index is 2.12. The largest absolute Gasteiger partial charge is 0.414 e. The molecule has 1 unspecified atom stereocenters. The van der Waals surface area contributed by atoms with Gasteiger partial charge in [-0.15, -0.1) is 0 Å². The average Bonchev–Trinajstić information content (AvgIpc) is 2.80. The summed E-state index contributed by atoms with van der Waals surface area (Å²) in [7, 11) is -3.80. The van der Waals surface area contributed by atoms with Crippen molar-refractivity contribution >= 4 is 22.4 Å². The molecule has 0 spiro atoms. The first kappa shape index (κ1) is 32.5. The molecule has 0 saturated heterocycles. The van der Waals surface area contributed by atoms with Crippen LogP contribution in [0, 0.1) is 34.5 Å². The van der Waals surface area contributed by atoms with E-state index in [1.165, 1.54) is 24.6 Å². The molecule has 0 aromatic carbocycles. The summed E-state index contributed by atoms with van der Waals surface area (Å²) in [6, 6.07) is 3.55.